The van der Waals surface area contributed by atoms with Gasteiger partial charge in [-0.2, -0.15) is 0 Å². The van der Waals surface area contributed by atoms with E-state index in [1.54, 1.807) is 0 Å². The largest absolute Gasteiger partial charge is 0.462 e. The van der Waals surface area contributed by atoms with Crippen LogP contribution in [0.1, 0.15) is 36.3 Å². The molecule has 2 nitrogen and oxygen atoms in total. The zero-order chi connectivity index (χ0) is 15.0. The average molecular weight is 313 g/mol. The number of benzene rings is 2. The second-order valence-electron chi connectivity index (χ2n) is 6.91. The van der Waals surface area contributed by atoms with E-state index < -0.39 is 0 Å². The number of carbonyl (C=O) groups excluding carboxylic acids is 1. The Balaban J connectivity index is 1.70. The van der Waals surface area contributed by atoms with Gasteiger partial charge in [-0.05, 0) is 40.2 Å². The summed E-state index contributed by atoms with van der Waals surface area (Å²) in [6, 6.07) is 13.2. The van der Waals surface area contributed by atoms with E-state index in [9.17, 15) is 4.79 Å². The lowest BCUT2D eigenvalue weighted by Gasteiger charge is -2.28. The molecule has 0 unspecified atom stereocenters. The Kier molecular flexibility index (Phi) is 2.51. The van der Waals surface area contributed by atoms with Gasteiger partial charge < -0.3 is 4.74 Å². The van der Waals surface area contributed by atoms with E-state index in [1.165, 1.54) is 28.8 Å². The van der Waals surface area contributed by atoms with Crippen molar-refractivity contribution in [1.82, 2.24) is 0 Å². The van der Waals surface area contributed by atoms with E-state index in [-0.39, 0.29) is 23.4 Å². The zero-order valence-electron chi connectivity index (χ0n) is 12.3. The van der Waals surface area contributed by atoms with Crippen molar-refractivity contribution < 1.29 is 9.53 Å². The number of esters is 1. The van der Waals surface area contributed by atoms with Crippen molar-refractivity contribution in [2.24, 2.45) is 11.8 Å². The molecule has 5 rings (SSSR count). The van der Waals surface area contributed by atoms with Gasteiger partial charge >= 0.3 is 5.97 Å². The summed E-state index contributed by atoms with van der Waals surface area (Å²) in [6.45, 7) is 1.51. The summed E-state index contributed by atoms with van der Waals surface area (Å²) in [6.07, 6.45) is 0.939. The number of carbonyl (C=O) groups is 1. The third kappa shape index (κ3) is 1.44. The van der Waals surface area contributed by atoms with Crippen LogP contribution in [0.3, 0.4) is 0 Å². The summed E-state index contributed by atoms with van der Waals surface area (Å²) in [4.78, 5) is 11.5. The molecule has 0 radical (unpaired) electrons. The molecular weight excluding hydrogens is 296 g/mol. The van der Waals surface area contributed by atoms with Gasteiger partial charge in [0.25, 0.3) is 0 Å². The predicted octanol–water partition coefficient (Wildman–Crippen LogP) is 4.21. The third-order valence-electron chi connectivity index (χ3n) is 5.97. The van der Waals surface area contributed by atoms with Gasteiger partial charge in [0.2, 0.25) is 0 Å². The van der Waals surface area contributed by atoms with Crippen LogP contribution in [0.5, 0.6) is 0 Å². The molecule has 0 amide bonds. The zero-order valence-corrected chi connectivity index (χ0v) is 13.1. The number of alkyl halides is 1. The first-order valence-electron chi connectivity index (χ1n) is 7.99. The minimum absolute atomic E-state index is 0.0152. The van der Waals surface area contributed by atoms with Crippen molar-refractivity contribution in [3.05, 3.63) is 47.5 Å². The van der Waals surface area contributed by atoms with Crippen molar-refractivity contribution in [2.75, 3.05) is 0 Å². The van der Waals surface area contributed by atoms with Gasteiger partial charge in [0, 0.05) is 24.1 Å². The molecule has 22 heavy (non-hydrogen) atoms. The Morgan fingerprint density at radius 3 is 2.50 bits per heavy atom. The maximum absolute atomic E-state index is 11.5. The van der Waals surface area contributed by atoms with E-state index in [2.05, 4.69) is 36.4 Å². The number of hydrogen-bond acceptors (Lipinski definition) is 2. The smallest absolute Gasteiger partial charge is 0.302 e. The van der Waals surface area contributed by atoms with Gasteiger partial charge in [0.1, 0.15) is 6.10 Å². The normalized spacial score (nSPS) is 37.5. The fourth-order valence-corrected chi connectivity index (χ4v) is 5.97. The van der Waals surface area contributed by atoms with Gasteiger partial charge in [-0.3, -0.25) is 4.79 Å². The van der Waals surface area contributed by atoms with Crippen molar-refractivity contribution in [3.63, 3.8) is 0 Å². The van der Waals surface area contributed by atoms with Crippen LogP contribution >= 0.6 is 11.6 Å². The summed E-state index contributed by atoms with van der Waals surface area (Å²) >= 11 is 6.64. The van der Waals surface area contributed by atoms with Crippen LogP contribution in [-0.4, -0.2) is 17.5 Å². The quantitative estimate of drug-likeness (QED) is 0.582. The van der Waals surface area contributed by atoms with Gasteiger partial charge in [0.05, 0.1) is 0 Å². The average Bonchev–Trinajstić information content (AvgIpc) is 3.07. The van der Waals surface area contributed by atoms with Crippen LogP contribution in [0.15, 0.2) is 36.4 Å². The Hall–Kier alpha value is -1.54. The van der Waals surface area contributed by atoms with Crippen LogP contribution in [0.25, 0.3) is 10.8 Å². The number of ether oxygens (including phenoxy) is 1. The maximum Gasteiger partial charge on any atom is 0.302 e. The highest BCUT2D eigenvalue weighted by Crippen LogP contribution is 2.67. The minimum atomic E-state index is -0.183. The molecule has 6 atom stereocenters. The molecule has 0 saturated heterocycles. The number of rotatable bonds is 1. The molecule has 0 heterocycles. The molecule has 112 valence electrons. The van der Waals surface area contributed by atoms with Gasteiger partial charge in [0.15, 0.2) is 0 Å². The Morgan fingerprint density at radius 1 is 1.14 bits per heavy atom. The van der Waals surface area contributed by atoms with E-state index in [0.29, 0.717) is 17.8 Å². The second-order valence-corrected chi connectivity index (χ2v) is 7.47. The molecule has 0 N–H and O–H groups in total. The summed E-state index contributed by atoms with van der Waals surface area (Å²) in [5.41, 5.74) is 2.85. The van der Waals surface area contributed by atoms with Crippen molar-refractivity contribution in [1.29, 1.82) is 0 Å². The standard InChI is InChI=1S/C19H17ClO2/c1-9(21)22-19-13-8-14(20)18(19)17-12-7-3-5-10-4-2-6-11(15(10)12)16(13)17/h2-7,13-14,16-19H,8H2,1H3/t13-,14+,16+,17+,18+,19-/m1/s1. The SMILES string of the molecule is CC(=O)O[C@@H]1[C@@H]2C[C@H](Cl)[C@H]1[C@H]1c3cccc4cccc(c34)[C@@H]21. The molecule has 0 spiro atoms. The van der Waals surface area contributed by atoms with Crippen LogP contribution in [0, 0.1) is 11.8 Å². The molecule has 3 aliphatic rings. The summed E-state index contributed by atoms with van der Waals surface area (Å²) < 4.78 is 5.69. The van der Waals surface area contributed by atoms with Crippen LogP contribution in [0.2, 0.25) is 0 Å². The van der Waals surface area contributed by atoms with E-state index >= 15 is 0 Å². The van der Waals surface area contributed by atoms with E-state index in [0.717, 1.165) is 6.42 Å². The lowest BCUT2D eigenvalue weighted by molar-refractivity contribution is -0.148. The van der Waals surface area contributed by atoms with Crippen LogP contribution in [0.4, 0.5) is 0 Å². The first-order chi connectivity index (χ1) is 10.7. The Morgan fingerprint density at radius 2 is 1.82 bits per heavy atom. The number of hydrogen-bond donors (Lipinski definition) is 0. The minimum Gasteiger partial charge on any atom is -0.462 e. The molecule has 2 fully saturated rings. The lowest BCUT2D eigenvalue weighted by Crippen LogP contribution is -2.26. The lowest BCUT2D eigenvalue weighted by atomic mass is 9.78. The molecule has 0 aliphatic heterocycles. The molecular formula is C19H17ClO2. The molecule has 3 heteroatoms. The summed E-state index contributed by atoms with van der Waals surface area (Å²) in [5, 5.41) is 2.85. The monoisotopic (exact) mass is 312 g/mol. The highest BCUT2D eigenvalue weighted by Gasteiger charge is 2.63. The fourth-order valence-electron chi connectivity index (χ4n) is 5.47. The Labute approximate surface area is 134 Å². The van der Waals surface area contributed by atoms with Gasteiger partial charge in [-0.25, -0.2) is 0 Å². The Bertz CT molecular complexity index is 794. The predicted molar refractivity (Wildman–Crippen MR) is 86.2 cm³/mol. The molecule has 0 aromatic heterocycles. The summed E-state index contributed by atoms with van der Waals surface area (Å²) in [5.74, 6) is 1.30. The third-order valence-corrected chi connectivity index (χ3v) is 6.44. The highest BCUT2D eigenvalue weighted by molar-refractivity contribution is 6.21. The first kappa shape index (κ1) is 13.0. The molecule has 2 saturated carbocycles. The van der Waals surface area contributed by atoms with Crippen molar-refractivity contribution >= 4 is 28.3 Å². The maximum atomic E-state index is 11.5. The van der Waals surface area contributed by atoms with Crippen molar-refractivity contribution in [2.45, 2.75) is 36.7 Å². The van der Waals surface area contributed by atoms with Crippen LogP contribution in [-0.2, 0) is 9.53 Å². The van der Waals surface area contributed by atoms with Crippen molar-refractivity contribution in [3.8, 4) is 0 Å². The first-order valence-corrected chi connectivity index (χ1v) is 8.43. The highest BCUT2D eigenvalue weighted by atomic mass is 35.5. The molecule has 2 aromatic rings. The second kappa shape index (κ2) is 4.26. The fraction of sp³-hybridized carbons (Fsp3) is 0.421. The number of halogens is 1. The number of fused-ring (bicyclic) bond motifs is 7. The van der Waals surface area contributed by atoms with E-state index in [1.807, 2.05) is 0 Å². The molecule has 2 aromatic carbocycles. The summed E-state index contributed by atoms with van der Waals surface area (Å²) in [7, 11) is 0. The van der Waals surface area contributed by atoms with Gasteiger partial charge in [-0.1, -0.05) is 36.4 Å². The van der Waals surface area contributed by atoms with Crippen LogP contribution < -0.4 is 0 Å². The van der Waals surface area contributed by atoms with E-state index in [4.69, 9.17) is 16.3 Å². The molecule has 3 aliphatic carbocycles. The topological polar surface area (TPSA) is 26.3 Å². The molecule has 2 bridgehead atoms. The van der Waals surface area contributed by atoms with Gasteiger partial charge in [-0.15, -0.1) is 11.6 Å².